The average molecular weight is 300 g/mol. The molecule has 2 aromatic heterocycles. The average Bonchev–Trinajstić information content (AvgIpc) is 3.02. The molecule has 0 bridgehead atoms. The van der Waals surface area contributed by atoms with Crippen molar-refractivity contribution in [1.82, 2.24) is 14.6 Å². The van der Waals surface area contributed by atoms with Gasteiger partial charge in [0.1, 0.15) is 5.82 Å². The normalized spacial score (nSPS) is 11.0. The first-order chi connectivity index (χ1) is 11.2. The van der Waals surface area contributed by atoms with Gasteiger partial charge in [-0.05, 0) is 12.5 Å². The molecular weight excluding hydrogens is 284 g/mol. The van der Waals surface area contributed by atoms with Gasteiger partial charge in [-0.1, -0.05) is 60.2 Å². The third-order valence-corrected chi connectivity index (χ3v) is 3.95. The SMILES string of the molecule is Cc1ccc(-c2cc3ncc(-c4ccccc4)c(N)n3n2)cc1. The smallest absolute Gasteiger partial charge is 0.157 e. The summed E-state index contributed by atoms with van der Waals surface area (Å²) in [5, 5.41) is 4.63. The maximum Gasteiger partial charge on any atom is 0.157 e. The summed E-state index contributed by atoms with van der Waals surface area (Å²) in [5.41, 5.74) is 12.1. The fourth-order valence-corrected chi connectivity index (χ4v) is 2.66. The summed E-state index contributed by atoms with van der Waals surface area (Å²) in [6.45, 7) is 2.07. The molecule has 2 N–H and O–H groups in total. The van der Waals surface area contributed by atoms with E-state index in [0.717, 1.165) is 28.0 Å². The van der Waals surface area contributed by atoms with Crippen molar-refractivity contribution in [3.05, 3.63) is 72.4 Å². The van der Waals surface area contributed by atoms with Crippen molar-refractivity contribution in [3.8, 4) is 22.4 Å². The summed E-state index contributed by atoms with van der Waals surface area (Å²) < 4.78 is 1.71. The number of nitrogen functional groups attached to an aromatic ring is 1. The highest BCUT2D eigenvalue weighted by Crippen LogP contribution is 2.27. The third-order valence-electron chi connectivity index (χ3n) is 3.95. The molecule has 4 heteroatoms. The van der Waals surface area contributed by atoms with Gasteiger partial charge in [-0.15, -0.1) is 0 Å². The Morgan fingerprint density at radius 3 is 2.39 bits per heavy atom. The predicted molar refractivity (Wildman–Crippen MR) is 93.0 cm³/mol. The van der Waals surface area contributed by atoms with Gasteiger partial charge < -0.3 is 5.73 Å². The molecular formula is C19H16N4. The highest BCUT2D eigenvalue weighted by molar-refractivity contribution is 5.76. The van der Waals surface area contributed by atoms with Crippen LogP contribution in [-0.2, 0) is 0 Å². The molecule has 0 aliphatic carbocycles. The summed E-state index contributed by atoms with van der Waals surface area (Å²) in [6.07, 6.45) is 1.81. The molecule has 0 amide bonds. The molecule has 0 saturated heterocycles. The second kappa shape index (κ2) is 5.25. The van der Waals surface area contributed by atoms with Crippen LogP contribution in [0.3, 0.4) is 0 Å². The van der Waals surface area contributed by atoms with E-state index >= 15 is 0 Å². The molecule has 4 nitrogen and oxygen atoms in total. The Morgan fingerprint density at radius 1 is 0.913 bits per heavy atom. The van der Waals surface area contributed by atoms with Crippen molar-refractivity contribution in [3.63, 3.8) is 0 Å². The quantitative estimate of drug-likeness (QED) is 0.609. The minimum absolute atomic E-state index is 0.597. The Morgan fingerprint density at radius 2 is 1.65 bits per heavy atom. The van der Waals surface area contributed by atoms with Gasteiger partial charge in [-0.3, -0.25) is 0 Å². The van der Waals surface area contributed by atoms with Gasteiger partial charge in [-0.2, -0.15) is 9.61 Å². The highest BCUT2D eigenvalue weighted by atomic mass is 15.3. The van der Waals surface area contributed by atoms with Crippen LogP contribution in [0.1, 0.15) is 5.56 Å². The zero-order valence-corrected chi connectivity index (χ0v) is 12.8. The number of benzene rings is 2. The fourth-order valence-electron chi connectivity index (χ4n) is 2.66. The van der Waals surface area contributed by atoms with Crippen LogP contribution in [-0.4, -0.2) is 14.6 Å². The maximum atomic E-state index is 6.33. The van der Waals surface area contributed by atoms with Crippen molar-refractivity contribution in [2.24, 2.45) is 0 Å². The van der Waals surface area contributed by atoms with E-state index in [1.807, 2.05) is 36.4 Å². The zero-order valence-electron chi connectivity index (χ0n) is 12.8. The standard InChI is InChI=1S/C19H16N4/c1-13-7-9-15(10-8-13)17-11-18-21-12-16(19(20)23(18)22-17)14-5-3-2-4-6-14/h2-12H,20H2,1H3. The number of fused-ring (bicyclic) bond motifs is 1. The molecule has 0 aliphatic rings. The van der Waals surface area contributed by atoms with Crippen LogP contribution < -0.4 is 5.73 Å². The third kappa shape index (κ3) is 2.34. The number of nitrogens with two attached hydrogens (primary N) is 1. The van der Waals surface area contributed by atoms with Crippen LogP contribution in [0.15, 0.2) is 66.9 Å². The summed E-state index contributed by atoms with van der Waals surface area (Å²) in [6, 6.07) is 20.2. The minimum atomic E-state index is 0.597. The number of aromatic nitrogens is 3. The molecule has 4 aromatic rings. The number of rotatable bonds is 2. The monoisotopic (exact) mass is 300 g/mol. The van der Waals surface area contributed by atoms with E-state index in [9.17, 15) is 0 Å². The lowest BCUT2D eigenvalue weighted by atomic mass is 10.1. The summed E-state index contributed by atoms with van der Waals surface area (Å²) in [7, 11) is 0. The van der Waals surface area contributed by atoms with Gasteiger partial charge in [0, 0.05) is 23.4 Å². The Labute approximate surface area is 134 Å². The van der Waals surface area contributed by atoms with E-state index in [1.54, 1.807) is 10.7 Å². The summed E-state index contributed by atoms with van der Waals surface area (Å²) >= 11 is 0. The Kier molecular flexibility index (Phi) is 3.08. The van der Waals surface area contributed by atoms with Crippen molar-refractivity contribution >= 4 is 11.5 Å². The molecule has 0 atom stereocenters. The van der Waals surface area contributed by atoms with Gasteiger partial charge in [-0.25, -0.2) is 4.98 Å². The Bertz CT molecular complexity index is 970. The number of nitrogens with zero attached hydrogens (tertiary/aromatic N) is 3. The van der Waals surface area contributed by atoms with Gasteiger partial charge in [0.25, 0.3) is 0 Å². The lowest BCUT2D eigenvalue weighted by Crippen LogP contribution is -2.02. The molecule has 0 aliphatic heterocycles. The van der Waals surface area contributed by atoms with E-state index in [2.05, 4.69) is 41.3 Å². The van der Waals surface area contributed by atoms with Crippen LogP contribution in [0.25, 0.3) is 28.0 Å². The van der Waals surface area contributed by atoms with E-state index < -0.39 is 0 Å². The highest BCUT2D eigenvalue weighted by Gasteiger charge is 2.11. The van der Waals surface area contributed by atoms with Crippen molar-refractivity contribution in [1.29, 1.82) is 0 Å². The molecule has 2 heterocycles. The molecule has 4 rings (SSSR count). The first kappa shape index (κ1) is 13.5. The van der Waals surface area contributed by atoms with Crippen molar-refractivity contribution < 1.29 is 0 Å². The topological polar surface area (TPSA) is 56.2 Å². The second-order valence-corrected chi connectivity index (χ2v) is 5.59. The fraction of sp³-hybridized carbons (Fsp3) is 0.0526. The number of anilines is 1. The van der Waals surface area contributed by atoms with Gasteiger partial charge in [0.05, 0.1) is 5.69 Å². The predicted octanol–water partition coefficient (Wildman–Crippen LogP) is 3.95. The van der Waals surface area contributed by atoms with Gasteiger partial charge in [0.2, 0.25) is 0 Å². The summed E-state index contributed by atoms with van der Waals surface area (Å²) in [4.78, 5) is 4.50. The van der Waals surface area contributed by atoms with Crippen LogP contribution >= 0.6 is 0 Å². The summed E-state index contributed by atoms with van der Waals surface area (Å²) in [5.74, 6) is 0.597. The van der Waals surface area contributed by atoms with E-state index in [0.29, 0.717) is 5.82 Å². The van der Waals surface area contributed by atoms with E-state index in [4.69, 9.17) is 5.73 Å². The number of hydrogen-bond donors (Lipinski definition) is 1. The molecule has 0 radical (unpaired) electrons. The van der Waals surface area contributed by atoms with Crippen LogP contribution in [0.2, 0.25) is 0 Å². The van der Waals surface area contributed by atoms with Crippen LogP contribution in [0, 0.1) is 6.92 Å². The molecule has 2 aromatic carbocycles. The van der Waals surface area contributed by atoms with Crippen LogP contribution in [0.4, 0.5) is 5.82 Å². The van der Waals surface area contributed by atoms with Crippen LogP contribution in [0.5, 0.6) is 0 Å². The Hall–Kier alpha value is -3.14. The lowest BCUT2D eigenvalue weighted by molar-refractivity contribution is 0.958. The van der Waals surface area contributed by atoms with Gasteiger partial charge >= 0.3 is 0 Å². The van der Waals surface area contributed by atoms with Gasteiger partial charge in [0.15, 0.2) is 5.65 Å². The maximum absolute atomic E-state index is 6.33. The molecule has 0 unspecified atom stereocenters. The largest absolute Gasteiger partial charge is 0.383 e. The first-order valence-corrected chi connectivity index (χ1v) is 7.49. The Balaban J connectivity index is 1.86. The lowest BCUT2D eigenvalue weighted by Gasteiger charge is -2.06. The van der Waals surface area contributed by atoms with E-state index in [-0.39, 0.29) is 0 Å². The number of hydrogen-bond acceptors (Lipinski definition) is 3. The van der Waals surface area contributed by atoms with Crippen molar-refractivity contribution in [2.75, 3.05) is 5.73 Å². The van der Waals surface area contributed by atoms with Crippen molar-refractivity contribution in [2.45, 2.75) is 6.92 Å². The second-order valence-electron chi connectivity index (χ2n) is 5.59. The minimum Gasteiger partial charge on any atom is -0.383 e. The molecule has 0 saturated carbocycles. The molecule has 0 fully saturated rings. The number of aryl methyl sites for hydroxylation is 1. The van der Waals surface area contributed by atoms with E-state index in [1.165, 1.54) is 5.56 Å². The molecule has 112 valence electrons. The molecule has 23 heavy (non-hydrogen) atoms. The molecule has 0 spiro atoms. The first-order valence-electron chi connectivity index (χ1n) is 7.49. The zero-order chi connectivity index (χ0) is 15.8.